The van der Waals surface area contributed by atoms with Gasteiger partial charge in [0.2, 0.25) is 0 Å². The van der Waals surface area contributed by atoms with E-state index >= 15 is 0 Å². The number of aryl methyl sites for hydroxylation is 1. The molecule has 0 spiro atoms. The molecule has 6 heteroatoms. The number of rotatable bonds is 4. The molecule has 3 aromatic rings. The summed E-state index contributed by atoms with van der Waals surface area (Å²) in [6.45, 7) is 3.61. The van der Waals surface area contributed by atoms with Gasteiger partial charge in [0.05, 0.1) is 5.69 Å². The number of halogens is 1. The SMILES string of the molecule is Cc1cc2ncc(CNCc3sccc3Br)cn2n1. The Labute approximate surface area is 123 Å². The number of nitrogens with zero attached hydrogens (tertiary/aromatic N) is 3. The molecule has 0 radical (unpaired) electrons. The van der Waals surface area contributed by atoms with Crippen LogP contribution < -0.4 is 5.32 Å². The summed E-state index contributed by atoms with van der Waals surface area (Å²) >= 11 is 5.28. The normalized spacial score (nSPS) is 11.3. The lowest BCUT2D eigenvalue weighted by Gasteiger charge is -2.04. The first-order valence-corrected chi connectivity index (χ1v) is 7.63. The first-order chi connectivity index (χ1) is 9.22. The zero-order valence-electron chi connectivity index (χ0n) is 10.4. The predicted octanol–water partition coefficient (Wildman–Crippen LogP) is 3.15. The molecule has 19 heavy (non-hydrogen) atoms. The van der Waals surface area contributed by atoms with Gasteiger partial charge in [0.25, 0.3) is 0 Å². The number of hydrogen-bond donors (Lipinski definition) is 1. The van der Waals surface area contributed by atoms with Crippen molar-refractivity contribution in [1.29, 1.82) is 0 Å². The minimum atomic E-state index is 0.784. The van der Waals surface area contributed by atoms with Gasteiger partial charge < -0.3 is 5.32 Å². The highest BCUT2D eigenvalue weighted by molar-refractivity contribution is 9.10. The Bertz CT molecular complexity index is 704. The van der Waals surface area contributed by atoms with Gasteiger partial charge in [-0.2, -0.15) is 5.10 Å². The number of thiophene rings is 1. The van der Waals surface area contributed by atoms with Gasteiger partial charge in [-0.25, -0.2) is 9.50 Å². The summed E-state index contributed by atoms with van der Waals surface area (Å²) in [6, 6.07) is 4.04. The summed E-state index contributed by atoms with van der Waals surface area (Å²) in [7, 11) is 0. The van der Waals surface area contributed by atoms with Crippen molar-refractivity contribution in [2.24, 2.45) is 0 Å². The zero-order valence-corrected chi connectivity index (χ0v) is 12.8. The Balaban J connectivity index is 1.66. The van der Waals surface area contributed by atoms with Crippen LogP contribution in [0.4, 0.5) is 0 Å². The van der Waals surface area contributed by atoms with Crippen LogP contribution in [-0.4, -0.2) is 14.6 Å². The van der Waals surface area contributed by atoms with Crippen LogP contribution >= 0.6 is 27.3 Å². The van der Waals surface area contributed by atoms with E-state index in [-0.39, 0.29) is 0 Å². The molecule has 3 rings (SSSR count). The maximum atomic E-state index is 4.39. The fourth-order valence-corrected chi connectivity index (χ4v) is 3.36. The van der Waals surface area contributed by atoms with Gasteiger partial charge in [-0.15, -0.1) is 11.3 Å². The molecule has 0 atom stereocenters. The van der Waals surface area contributed by atoms with Crippen LogP contribution in [0.15, 0.2) is 34.4 Å². The third kappa shape index (κ3) is 2.86. The Morgan fingerprint density at radius 2 is 2.32 bits per heavy atom. The van der Waals surface area contributed by atoms with Gasteiger partial charge >= 0.3 is 0 Å². The number of fused-ring (bicyclic) bond motifs is 1. The molecule has 0 unspecified atom stereocenters. The minimum absolute atomic E-state index is 0.784. The smallest absolute Gasteiger partial charge is 0.155 e. The van der Waals surface area contributed by atoms with Gasteiger partial charge in [0.1, 0.15) is 0 Å². The van der Waals surface area contributed by atoms with E-state index in [1.807, 2.05) is 29.9 Å². The van der Waals surface area contributed by atoms with E-state index in [1.165, 1.54) is 9.35 Å². The van der Waals surface area contributed by atoms with Crippen LogP contribution in [0.1, 0.15) is 16.1 Å². The summed E-state index contributed by atoms with van der Waals surface area (Å²) in [6.07, 6.45) is 3.92. The van der Waals surface area contributed by atoms with Crippen LogP contribution in [0, 0.1) is 6.92 Å². The van der Waals surface area contributed by atoms with Crippen LogP contribution in [0.25, 0.3) is 5.65 Å². The Morgan fingerprint density at radius 1 is 1.42 bits per heavy atom. The number of nitrogens with one attached hydrogen (secondary N) is 1. The molecule has 4 nitrogen and oxygen atoms in total. The van der Waals surface area contributed by atoms with Gasteiger partial charge in [0.15, 0.2) is 5.65 Å². The molecule has 98 valence electrons. The molecule has 0 aliphatic rings. The molecule has 1 N–H and O–H groups in total. The van der Waals surface area contributed by atoms with Crippen molar-refractivity contribution in [2.75, 3.05) is 0 Å². The number of hydrogen-bond acceptors (Lipinski definition) is 4. The highest BCUT2D eigenvalue weighted by Gasteiger charge is 2.03. The molecule has 0 aliphatic carbocycles. The van der Waals surface area contributed by atoms with E-state index in [0.717, 1.165) is 30.0 Å². The van der Waals surface area contributed by atoms with E-state index in [1.54, 1.807) is 11.3 Å². The fourth-order valence-electron chi connectivity index (χ4n) is 1.90. The summed E-state index contributed by atoms with van der Waals surface area (Å²) in [5.41, 5.74) is 3.01. The topological polar surface area (TPSA) is 42.2 Å². The average molecular weight is 337 g/mol. The summed E-state index contributed by atoms with van der Waals surface area (Å²) in [5, 5.41) is 9.87. The third-order valence-electron chi connectivity index (χ3n) is 2.79. The quantitative estimate of drug-likeness (QED) is 0.795. The van der Waals surface area contributed by atoms with Crippen molar-refractivity contribution < 1.29 is 0 Å². The van der Waals surface area contributed by atoms with Gasteiger partial charge in [-0.05, 0) is 34.3 Å². The molecular formula is C13H13BrN4S. The van der Waals surface area contributed by atoms with E-state index in [2.05, 4.69) is 42.8 Å². The first kappa shape index (κ1) is 12.8. The van der Waals surface area contributed by atoms with Crippen molar-refractivity contribution >= 4 is 32.9 Å². The lowest BCUT2D eigenvalue weighted by atomic mass is 10.3. The lowest BCUT2D eigenvalue weighted by molar-refractivity contribution is 0.691. The first-order valence-electron chi connectivity index (χ1n) is 5.96. The molecular weight excluding hydrogens is 324 g/mol. The lowest BCUT2D eigenvalue weighted by Crippen LogP contribution is -2.13. The Hall–Kier alpha value is -1.24. The summed E-state index contributed by atoms with van der Waals surface area (Å²) in [4.78, 5) is 5.70. The third-order valence-corrected chi connectivity index (χ3v) is 4.72. The standard InChI is InChI=1S/C13H13BrN4S/c1-9-4-13-16-6-10(8-18(13)17-9)5-15-7-12-11(14)2-3-19-12/h2-4,6,8,15H,5,7H2,1H3. The molecule has 0 amide bonds. The molecule has 0 bridgehead atoms. The minimum Gasteiger partial charge on any atom is -0.308 e. The van der Waals surface area contributed by atoms with E-state index in [0.29, 0.717) is 0 Å². The Kier molecular flexibility index (Phi) is 3.63. The summed E-state index contributed by atoms with van der Waals surface area (Å²) < 4.78 is 2.99. The molecule has 3 aromatic heterocycles. The second-order valence-electron chi connectivity index (χ2n) is 4.35. The maximum absolute atomic E-state index is 4.39. The van der Waals surface area contributed by atoms with E-state index in [4.69, 9.17) is 0 Å². The molecule has 0 saturated heterocycles. The highest BCUT2D eigenvalue weighted by Crippen LogP contribution is 2.22. The second-order valence-corrected chi connectivity index (χ2v) is 6.20. The van der Waals surface area contributed by atoms with Crippen LogP contribution in [-0.2, 0) is 13.1 Å². The van der Waals surface area contributed by atoms with Gasteiger partial charge in [-0.3, -0.25) is 0 Å². The monoisotopic (exact) mass is 336 g/mol. The molecule has 3 heterocycles. The van der Waals surface area contributed by atoms with Crippen LogP contribution in [0.2, 0.25) is 0 Å². The van der Waals surface area contributed by atoms with Gasteiger partial charge in [0, 0.05) is 46.5 Å². The molecule has 0 fully saturated rings. The van der Waals surface area contributed by atoms with Crippen molar-refractivity contribution in [3.63, 3.8) is 0 Å². The molecule has 0 aliphatic heterocycles. The largest absolute Gasteiger partial charge is 0.308 e. The van der Waals surface area contributed by atoms with Crippen molar-refractivity contribution in [1.82, 2.24) is 19.9 Å². The zero-order chi connectivity index (χ0) is 13.2. The van der Waals surface area contributed by atoms with Crippen LogP contribution in [0.5, 0.6) is 0 Å². The van der Waals surface area contributed by atoms with E-state index < -0.39 is 0 Å². The predicted molar refractivity (Wildman–Crippen MR) is 80.3 cm³/mol. The van der Waals surface area contributed by atoms with Crippen molar-refractivity contribution in [2.45, 2.75) is 20.0 Å². The maximum Gasteiger partial charge on any atom is 0.155 e. The summed E-state index contributed by atoms with van der Waals surface area (Å²) in [5.74, 6) is 0. The fraction of sp³-hybridized carbons (Fsp3) is 0.231. The van der Waals surface area contributed by atoms with Crippen molar-refractivity contribution in [3.8, 4) is 0 Å². The molecule has 0 saturated carbocycles. The van der Waals surface area contributed by atoms with E-state index in [9.17, 15) is 0 Å². The van der Waals surface area contributed by atoms with Gasteiger partial charge in [-0.1, -0.05) is 0 Å². The van der Waals surface area contributed by atoms with Crippen molar-refractivity contribution in [3.05, 3.63) is 50.5 Å². The average Bonchev–Trinajstić information content (AvgIpc) is 2.94. The Morgan fingerprint density at radius 3 is 3.11 bits per heavy atom. The molecule has 0 aromatic carbocycles. The highest BCUT2D eigenvalue weighted by atomic mass is 79.9. The number of aromatic nitrogens is 3. The van der Waals surface area contributed by atoms with Crippen LogP contribution in [0.3, 0.4) is 0 Å². The second kappa shape index (κ2) is 5.40.